The maximum Gasteiger partial charge on any atom is 0.337 e. The van der Waals surface area contributed by atoms with Gasteiger partial charge in [-0.05, 0) is 17.2 Å². The summed E-state index contributed by atoms with van der Waals surface area (Å²) < 4.78 is 4.93. The van der Waals surface area contributed by atoms with Crippen LogP contribution in [0.1, 0.15) is 32.0 Å². The van der Waals surface area contributed by atoms with Crippen molar-refractivity contribution < 1.29 is 14.0 Å². The second-order valence-corrected chi connectivity index (χ2v) is 5.87. The Kier molecular flexibility index (Phi) is 5.79. The molecule has 0 saturated carbocycles. The van der Waals surface area contributed by atoms with Gasteiger partial charge >= 0.3 is 5.63 Å². The van der Waals surface area contributed by atoms with Crippen molar-refractivity contribution in [1.82, 2.24) is 10.6 Å². The van der Waals surface area contributed by atoms with Crippen LogP contribution in [0.5, 0.6) is 0 Å². The molecule has 0 fully saturated rings. The smallest absolute Gasteiger partial charge is 0.337 e. The first kappa shape index (κ1) is 18.1. The minimum absolute atomic E-state index is 0.0760. The predicted molar refractivity (Wildman–Crippen MR) is 100 cm³/mol. The summed E-state index contributed by atoms with van der Waals surface area (Å²) in [7, 11) is 0. The number of nitrogens with one attached hydrogen (secondary N) is 2. The van der Waals surface area contributed by atoms with Crippen LogP contribution in [0.3, 0.4) is 0 Å². The van der Waals surface area contributed by atoms with Crippen LogP contribution in [0.15, 0.2) is 82.0 Å². The molecular formula is C21H18N2O4. The minimum atomic E-state index is -0.757. The first-order valence-electron chi connectivity index (χ1n) is 8.41. The van der Waals surface area contributed by atoms with Crippen LogP contribution in [0.25, 0.3) is 0 Å². The van der Waals surface area contributed by atoms with Gasteiger partial charge in [-0.25, -0.2) is 4.79 Å². The maximum atomic E-state index is 12.3. The summed E-state index contributed by atoms with van der Waals surface area (Å²) >= 11 is 0. The third-order valence-corrected chi connectivity index (χ3v) is 3.85. The molecule has 27 heavy (non-hydrogen) atoms. The Morgan fingerprint density at radius 1 is 0.741 bits per heavy atom. The summed E-state index contributed by atoms with van der Waals surface area (Å²) in [5, 5.41) is 5.38. The molecule has 0 aliphatic carbocycles. The fourth-order valence-corrected chi connectivity index (χ4v) is 2.47. The highest BCUT2D eigenvalue weighted by molar-refractivity contribution is 5.97. The largest absolute Gasteiger partial charge is 0.417 e. The third-order valence-electron chi connectivity index (χ3n) is 3.85. The van der Waals surface area contributed by atoms with Crippen molar-refractivity contribution in [3.05, 3.63) is 106 Å². The normalized spacial score (nSPS) is 10.2. The van der Waals surface area contributed by atoms with E-state index in [1.54, 1.807) is 0 Å². The highest BCUT2D eigenvalue weighted by Gasteiger charge is 2.14. The molecule has 0 radical (unpaired) electrons. The van der Waals surface area contributed by atoms with Gasteiger partial charge in [0.05, 0.1) is 5.56 Å². The van der Waals surface area contributed by atoms with Gasteiger partial charge in [0.15, 0.2) is 5.76 Å². The molecular weight excluding hydrogens is 344 g/mol. The average Bonchev–Trinajstić information content (AvgIpc) is 2.71. The van der Waals surface area contributed by atoms with Gasteiger partial charge < -0.3 is 15.1 Å². The summed E-state index contributed by atoms with van der Waals surface area (Å²) in [4.78, 5) is 36.3. The molecule has 0 bridgehead atoms. The molecule has 2 N–H and O–H groups in total. The zero-order valence-electron chi connectivity index (χ0n) is 14.5. The number of benzene rings is 2. The van der Waals surface area contributed by atoms with Gasteiger partial charge in [-0.1, -0.05) is 60.7 Å². The monoisotopic (exact) mass is 362 g/mol. The van der Waals surface area contributed by atoms with E-state index in [0.717, 1.165) is 17.2 Å². The molecule has 2 aromatic carbocycles. The Morgan fingerprint density at radius 3 is 1.81 bits per heavy atom. The standard InChI is InChI=1S/C21H18N2O4/c24-19-12-17(20(25)22-13-15-7-3-1-4-8-15)11-18(27-19)21(26)23-14-16-9-5-2-6-10-16/h1-12H,13-14H2,(H,22,25)(H,23,26). The Bertz CT molecular complexity index is 905. The van der Waals surface area contributed by atoms with Crippen LogP contribution < -0.4 is 16.3 Å². The van der Waals surface area contributed by atoms with Crippen LogP contribution in [0.2, 0.25) is 0 Å². The summed E-state index contributed by atoms with van der Waals surface area (Å²) in [6, 6.07) is 21.0. The fraction of sp³-hybridized carbons (Fsp3) is 0.0952. The van der Waals surface area contributed by atoms with Crippen molar-refractivity contribution in [3.63, 3.8) is 0 Å². The van der Waals surface area contributed by atoms with Crippen molar-refractivity contribution in [1.29, 1.82) is 0 Å². The van der Waals surface area contributed by atoms with Gasteiger partial charge in [0, 0.05) is 19.2 Å². The van der Waals surface area contributed by atoms with Crippen molar-refractivity contribution in [2.24, 2.45) is 0 Å². The molecule has 3 rings (SSSR count). The minimum Gasteiger partial charge on any atom is -0.417 e. The SMILES string of the molecule is O=C(NCc1ccccc1)c1cc(C(=O)NCc2ccccc2)oc(=O)c1. The molecule has 3 aromatic rings. The van der Waals surface area contributed by atoms with Crippen molar-refractivity contribution in [3.8, 4) is 0 Å². The maximum absolute atomic E-state index is 12.3. The van der Waals surface area contributed by atoms with Gasteiger partial charge in [0.2, 0.25) is 0 Å². The molecule has 0 unspecified atom stereocenters. The van der Waals surface area contributed by atoms with Crippen LogP contribution in [0.4, 0.5) is 0 Å². The van der Waals surface area contributed by atoms with Crippen LogP contribution in [0, 0.1) is 0 Å². The lowest BCUT2D eigenvalue weighted by atomic mass is 10.2. The van der Waals surface area contributed by atoms with E-state index in [9.17, 15) is 14.4 Å². The molecule has 1 aromatic heterocycles. The lowest BCUT2D eigenvalue weighted by Crippen LogP contribution is -2.27. The molecule has 0 aliphatic rings. The van der Waals surface area contributed by atoms with Gasteiger partial charge in [-0.3, -0.25) is 9.59 Å². The molecule has 0 saturated heterocycles. The Hall–Kier alpha value is -3.67. The highest BCUT2D eigenvalue weighted by Crippen LogP contribution is 2.05. The van der Waals surface area contributed by atoms with E-state index in [2.05, 4.69) is 10.6 Å². The molecule has 6 nitrogen and oxygen atoms in total. The number of hydrogen-bond acceptors (Lipinski definition) is 4. The van der Waals surface area contributed by atoms with Crippen molar-refractivity contribution in [2.75, 3.05) is 0 Å². The van der Waals surface area contributed by atoms with Crippen molar-refractivity contribution in [2.45, 2.75) is 13.1 Å². The lowest BCUT2D eigenvalue weighted by Gasteiger charge is -2.07. The van der Waals surface area contributed by atoms with E-state index < -0.39 is 17.4 Å². The molecule has 0 atom stereocenters. The average molecular weight is 362 g/mol. The Morgan fingerprint density at radius 2 is 1.26 bits per heavy atom. The van der Waals surface area contributed by atoms with E-state index in [-0.39, 0.29) is 17.9 Å². The quantitative estimate of drug-likeness (QED) is 0.705. The van der Waals surface area contributed by atoms with Gasteiger partial charge in [-0.15, -0.1) is 0 Å². The zero-order valence-corrected chi connectivity index (χ0v) is 14.5. The number of carbonyl (C=O) groups is 2. The van der Waals surface area contributed by atoms with Crippen molar-refractivity contribution >= 4 is 11.8 Å². The topological polar surface area (TPSA) is 88.4 Å². The molecule has 2 amide bonds. The van der Waals surface area contributed by atoms with Gasteiger partial charge in [0.25, 0.3) is 11.8 Å². The van der Waals surface area contributed by atoms with E-state index in [4.69, 9.17) is 4.42 Å². The van der Waals surface area contributed by atoms with E-state index in [1.165, 1.54) is 6.07 Å². The molecule has 0 aliphatic heterocycles. The second kappa shape index (κ2) is 8.62. The number of rotatable bonds is 6. The first-order chi connectivity index (χ1) is 13.1. The number of amides is 2. The summed E-state index contributed by atoms with van der Waals surface area (Å²) in [5.74, 6) is -1.22. The lowest BCUT2D eigenvalue weighted by molar-refractivity contribution is 0.0917. The van der Waals surface area contributed by atoms with Gasteiger partial charge in [0.1, 0.15) is 0 Å². The molecule has 6 heteroatoms. The van der Waals surface area contributed by atoms with Crippen LogP contribution in [-0.4, -0.2) is 11.8 Å². The van der Waals surface area contributed by atoms with Crippen LogP contribution >= 0.6 is 0 Å². The Labute approximate surface area is 155 Å². The molecule has 0 spiro atoms. The third kappa shape index (κ3) is 5.15. The van der Waals surface area contributed by atoms with Crippen LogP contribution in [-0.2, 0) is 13.1 Å². The first-order valence-corrected chi connectivity index (χ1v) is 8.41. The van der Waals surface area contributed by atoms with Gasteiger partial charge in [-0.2, -0.15) is 0 Å². The summed E-state index contributed by atoms with van der Waals surface area (Å²) in [5.41, 5.74) is 1.15. The summed E-state index contributed by atoms with van der Waals surface area (Å²) in [6.45, 7) is 0.600. The van der Waals surface area contributed by atoms with E-state index in [0.29, 0.717) is 6.54 Å². The predicted octanol–water partition coefficient (Wildman–Crippen LogP) is 2.50. The Balaban J connectivity index is 1.67. The fourth-order valence-electron chi connectivity index (χ4n) is 2.47. The number of carbonyl (C=O) groups excluding carboxylic acids is 2. The summed E-state index contributed by atoms with van der Waals surface area (Å²) in [6.07, 6.45) is 0. The highest BCUT2D eigenvalue weighted by atomic mass is 16.4. The van der Waals surface area contributed by atoms with E-state index >= 15 is 0 Å². The number of hydrogen-bond donors (Lipinski definition) is 2. The molecule has 1 heterocycles. The zero-order chi connectivity index (χ0) is 19.1. The molecule has 136 valence electrons. The van der Waals surface area contributed by atoms with E-state index in [1.807, 2.05) is 60.7 Å². The second-order valence-electron chi connectivity index (χ2n) is 5.87.